The molecule has 1 fully saturated rings. The smallest absolute Gasteiger partial charge is 0.270 e. The van der Waals surface area contributed by atoms with Gasteiger partial charge in [-0.15, -0.1) is 0 Å². The highest BCUT2D eigenvalue weighted by Gasteiger charge is 2.22. The highest BCUT2D eigenvalue weighted by molar-refractivity contribution is 6.08. The first-order chi connectivity index (χ1) is 16.7. The number of ether oxygens (including phenoxy) is 1. The van der Waals surface area contributed by atoms with Crippen molar-refractivity contribution in [2.24, 2.45) is 7.05 Å². The van der Waals surface area contributed by atoms with Crippen molar-refractivity contribution in [3.05, 3.63) is 71.4 Å². The first-order valence-electron chi connectivity index (χ1n) is 11.0. The molecule has 0 bridgehead atoms. The molecule has 0 atom stereocenters. The van der Waals surface area contributed by atoms with E-state index < -0.39 is 0 Å². The SMILES string of the molecule is Cn1ccc(-n2c(=O)c3c(Nc4ccncc4)nc(N4CCOCC4)nc3c3ccccc32)n1. The standard InChI is InChI=1S/C24H22N8O2/c1-30-11-8-19(29-30)32-18-5-3-2-4-17(18)21-20(23(32)33)22(26-16-6-9-25-10-7-16)28-24(27-21)31-12-14-34-15-13-31/h2-11H,12-15H2,1H3,(H,25,26,27,28). The Balaban J connectivity index is 1.68. The van der Waals surface area contributed by atoms with Crippen molar-refractivity contribution in [3.8, 4) is 5.82 Å². The van der Waals surface area contributed by atoms with Crippen LogP contribution in [-0.2, 0) is 11.8 Å². The lowest BCUT2D eigenvalue weighted by Gasteiger charge is -2.27. The average Bonchev–Trinajstić information content (AvgIpc) is 3.30. The molecule has 170 valence electrons. The molecule has 0 radical (unpaired) electrons. The van der Waals surface area contributed by atoms with Crippen LogP contribution in [0.1, 0.15) is 0 Å². The summed E-state index contributed by atoms with van der Waals surface area (Å²) in [5, 5.41) is 9.07. The summed E-state index contributed by atoms with van der Waals surface area (Å²) < 4.78 is 8.80. The monoisotopic (exact) mass is 454 g/mol. The number of hydrogen-bond donors (Lipinski definition) is 1. The third-order valence-electron chi connectivity index (χ3n) is 5.88. The Morgan fingerprint density at radius 3 is 2.56 bits per heavy atom. The summed E-state index contributed by atoms with van der Waals surface area (Å²) >= 11 is 0. The minimum absolute atomic E-state index is 0.238. The lowest BCUT2D eigenvalue weighted by Crippen LogP contribution is -2.37. The van der Waals surface area contributed by atoms with Gasteiger partial charge in [0.05, 0.1) is 24.2 Å². The van der Waals surface area contributed by atoms with E-state index >= 15 is 0 Å². The molecule has 0 saturated carbocycles. The predicted molar refractivity (Wildman–Crippen MR) is 130 cm³/mol. The molecule has 1 saturated heterocycles. The summed E-state index contributed by atoms with van der Waals surface area (Å²) in [6.07, 6.45) is 5.20. The number of pyridine rings is 2. The Kier molecular flexibility index (Phi) is 4.92. The second kappa shape index (κ2) is 8.23. The molecule has 34 heavy (non-hydrogen) atoms. The lowest BCUT2D eigenvalue weighted by atomic mass is 10.1. The molecule has 0 spiro atoms. The van der Waals surface area contributed by atoms with E-state index in [1.165, 1.54) is 0 Å². The van der Waals surface area contributed by atoms with Gasteiger partial charge >= 0.3 is 0 Å². The second-order valence-electron chi connectivity index (χ2n) is 8.06. The normalized spacial score (nSPS) is 14.1. The van der Waals surface area contributed by atoms with Crippen LogP contribution < -0.4 is 15.8 Å². The van der Waals surface area contributed by atoms with Gasteiger partial charge in [0.1, 0.15) is 11.2 Å². The largest absolute Gasteiger partial charge is 0.378 e. The van der Waals surface area contributed by atoms with E-state index in [0.29, 0.717) is 54.8 Å². The number of nitrogens with one attached hydrogen (secondary N) is 1. The van der Waals surface area contributed by atoms with Gasteiger partial charge in [-0.25, -0.2) is 4.98 Å². The Bertz CT molecular complexity index is 1550. The molecule has 10 heteroatoms. The molecule has 0 amide bonds. The second-order valence-corrected chi connectivity index (χ2v) is 8.06. The summed E-state index contributed by atoms with van der Waals surface area (Å²) in [5.41, 5.74) is 1.87. The number of fused-ring (bicyclic) bond motifs is 3. The summed E-state index contributed by atoms with van der Waals surface area (Å²) in [5.74, 6) is 1.54. The topological polar surface area (TPSA) is 103 Å². The van der Waals surface area contributed by atoms with Crippen LogP contribution in [0.25, 0.3) is 27.6 Å². The zero-order valence-electron chi connectivity index (χ0n) is 18.5. The van der Waals surface area contributed by atoms with Crippen LogP contribution in [0, 0.1) is 0 Å². The third kappa shape index (κ3) is 3.44. The molecule has 4 aromatic heterocycles. The number of para-hydroxylation sites is 1. The van der Waals surface area contributed by atoms with Crippen LogP contribution in [0.5, 0.6) is 0 Å². The van der Waals surface area contributed by atoms with Crippen molar-refractivity contribution in [1.82, 2.24) is 29.3 Å². The molecule has 5 heterocycles. The van der Waals surface area contributed by atoms with Gasteiger partial charge in [-0.05, 0) is 18.2 Å². The molecule has 10 nitrogen and oxygen atoms in total. The fourth-order valence-corrected chi connectivity index (χ4v) is 4.25. The van der Waals surface area contributed by atoms with E-state index in [-0.39, 0.29) is 5.56 Å². The summed E-state index contributed by atoms with van der Waals surface area (Å²) in [7, 11) is 1.83. The van der Waals surface area contributed by atoms with Crippen molar-refractivity contribution in [2.75, 3.05) is 36.5 Å². The first-order valence-corrected chi connectivity index (χ1v) is 11.0. The van der Waals surface area contributed by atoms with Crippen LogP contribution in [0.4, 0.5) is 17.5 Å². The van der Waals surface area contributed by atoms with E-state index in [0.717, 1.165) is 16.6 Å². The van der Waals surface area contributed by atoms with Crippen LogP contribution in [0.3, 0.4) is 0 Å². The molecule has 1 aromatic carbocycles. The van der Waals surface area contributed by atoms with Gasteiger partial charge in [-0.1, -0.05) is 18.2 Å². The van der Waals surface area contributed by atoms with Crippen molar-refractivity contribution >= 4 is 39.3 Å². The minimum atomic E-state index is -0.238. The molecule has 5 aromatic rings. The number of morpholine rings is 1. The number of hydrogen-bond acceptors (Lipinski definition) is 8. The Labute approximate surface area is 194 Å². The van der Waals surface area contributed by atoms with Crippen LogP contribution in [-0.4, -0.2) is 55.6 Å². The van der Waals surface area contributed by atoms with Crippen molar-refractivity contribution in [3.63, 3.8) is 0 Å². The number of anilines is 3. The Morgan fingerprint density at radius 1 is 1.00 bits per heavy atom. The van der Waals surface area contributed by atoms with Crippen molar-refractivity contribution in [1.29, 1.82) is 0 Å². The minimum Gasteiger partial charge on any atom is -0.378 e. The van der Waals surface area contributed by atoms with Crippen LogP contribution in [0.2, 0.25) is 0 Å². The van der Waals surface area contributed by atoms with Gasteiger partial charge in [0, 0.05) is 55.9 Å². The summed E-state index contributed by atoms with van der Waals surface area (Å²) in [4.78, 5) is 29.9. The van der Waals surface area contributed by atoms with Crippen LogP contribution >= 0.6 is 0 Å². The van der Waals surface area contributed by atoms with Gasteiger partial charge in [-0.3, -0.25) is 19.0 Å². The molecule has 6 rings (SSSR count). The number of aromatic nitrogens is 6. The van der Waals surface area contributed by atoms with Gasteiger partial charge < -0.3 is 15.0 Å². The molecule has 1 aliphatic heterocycles. The van der Waals surface area contributed by atoms with Gasteiger partial charge in [0.25, 0.3) is 5.56 Å². The molecule has 0 aliphatic carbocycles. The molecule has 0 unspecified atom stereocenters. The van der Waals surface area contributed by atoms with Gasteiger partial charge in [-0.2, -0.15) is 10.1 Å². The van der Waals surface area contributed by atoms with Crippen molar-refractivity contribution < 1.29 is 4.74 Å². The number of aryl methyl sites for hydroxylation is 1. The van der Waals surface area contributed by atoms with Crippen molar-refractivity contribution in [2.45, 2.75) is 0 Å². The van der Waals surface area contributed by atoms with Gasteiger partial charge in [0.15, 0.2) is 5.82 Å². The maximum atomic E-state index is 14.0. The first kappa shape index (κ1) is 20.3. The quantitative estimate of drug-likeness (QED) is 0.414. The Morgan fingerprint density at radius 2 is 1.79 bits per heavy atom. The highest BCUT2D eigenvalue weighted by Crippen LogP contribution is 2.30. The molecule has 1 aliphatic rings. The summed E-state index contributed by atoms with van der Waals surface area (Å²) in [6, 6.07) is 13.2. The maximum absolute atomic E-state index is 14.0. The number of benzene rings is 1. The average molecular weight is 454 g/mol. The van der Waals surface area contributed by atoms with Gasteiger partial charge in [0.2, 0.25) is 5.95 Å². The van der Waals surface area contributed by atoms with E-state index in [1.54, 1.807) is 21.6 Å². The molecular formula is C24H22N8O2. The van der Waals surface area contributed by atoms with Crippen LogP contribution in [0.15, 0.2) is 65.8 Å². The number of nitrogens with zero attached hydrogens (tertiary/aromatic N) is 7. The number of rotatable bonds is 4. The third-order valence-corrected chi connectivity index (χ3v) is 5.88. The zero-order valence-corrected chi connectivity index (χ0v) is 18.5. The Hall–Kier alpha value is -4.31. The lowest BCUT2D eigenvalue weighted by molar-refractivity contribution is 0.122. The fourth-order valence-electron chi connectivity index (χ4n) is 4.25. The van der Waals surface area contributed by atoms with E-state index in [2.05, 4.69) is 20.3 Å². The predicted octanol–water partition coefficient (Wildman–Crippen LogP) is 2.64. The highest BCUT2D eigenvalue weighted by atomic mass is 16.5. The zero-order chi connectivity index (χ0) is 23.1. The molecular weight excluding hydrogens is 432 g/mol. The summed E-state index contributed by atoms with van der Waals surface area (Å²) in [6.45, 7) is 2.58. The van der Waals surface area contributed by atoms with E-state index in [4.69, 9.17) is 14.7 Å². The molecule has 1 N–H and O–H groups in total. The maximum Gasteiger partial charge on any atom is 0.270 e. The van der Waals surface area contributed by atoms with E-state index in [1.807, 2.05) is 55.7 Å². The fraction of sp³-hybridized carbons (Fsp3) is 0.208. The van der Waals surface area contributed by atoms with E-state index in [9.17, 15) is 4.79 Å².